The molecule has 18 heavy (non-hydrogen) atoms. The van der Waals surface area contributed by atoms with Gasteiger partial charge in [0.25, 0.3) is 0 Å². The molecule has 0 aliphatic heterocycles. The standard InChI is InChI=1S/C13H19BrN2O2/c1-2-7-16-9-10-4-3-5-11(14)13(10)18-8-6-12(15)17/h3-5,16H,2,6-9H2,1H3,(H2,15,17). The lowest BCUT2D eigenvalue weighted by Crippen LogP contribution is -2.17. The van der Waals surface area contributed by atoms with Crippen LogP contribution in [0, 0.1) is 0 Å². The summed E-state index contributed by atoms with van der Waals surface area (Å²) in [6, 6.07) is 5.89. The Balaban J connectivity index is 2.64. The minimum Gasteiger partial charge on any atom is -0.492 e. The molecule has 0 heterocycles. The van der Waals surface area contributed by atoms with Crippen molar-refractivity contribution in [3.8, 4) is 5.75 Å². The van der Waals surface area contributed by atoms with Crippen LogP contribution in [0.1, 0.15) is 25.3 Å². The maximum atomic E-state index is 10.7. The van der Waals surface area contributed by atoms with E-state index in [9.17, 15) is 4.79 Å². The van der Waals surface area contributed by atoms with Gasteiger partial charge in [-0.1, -0.05) is 19.1 Å². The molecule has 0 spiro atoms. The molecule has 0 atom stereocenters. The molecular formula is C13H19BrN2O2. The van der Waals surface area contributed by atoms with E-state index in [-0.39, 0.29) is 12.3 Å². The van der Waals surface area contributed by atoms with Crippen LogP contribution >= 0.6 is 15.9 Å². The van der Waals surface area contributed by atoms with Gasteiger partial charge in [0.05, 0.1) is 17.5 Å². The first-order chi connectivity index (χ1) is 8.65. The first kappa shape index (κ1) is 15.0. The number of carbonyl (C=O) groups excluding carboxylic acids is 1. The fourth-order valence-electron chi connectivity index (χ4n) is 1.51. The number of benzene rings is 1. The van der Waals surface area contributed by atoms with Crippen molar-refractivity contribution in [3.63, 3.8) is 0 Å². The van der Waals surface area contributed by atoms with Crippen molar-refractivity contribution < 1.29 is 9.53 Å². The first-order valence-corrected chi connectivity index (χ1v) is 6.83. The maximum Gasteiger partial charge on any atom is 0.220 e. The van der Waals surface area contributed by atoms with E-state index in [4.69, 9.17) is 10.5 Å². The number of ether oxygens (including phenoxy) is 1. The third-order valence-electron chi connectivity index (χ3n) is 2.39. The lowest BCUT2D eigenvalue weighted by molar-refractivity contribution is -0.118. The van der Waals surface area contributed by atoms with E-state index in [1.165, 1.54) is 0 Å². The van der Waals surface area contributed by atoms with Gasteiger partial charge in [-0.25, -0.2) is 0 Å². The van der Waals surface area contributed by atoms with Gasteiger partial charge in [-0.2, -0.15) is 0 Å². The van der Waals surface area contributed by atoms with E-state index < -0.39 is 0 Å². The van der Waals surface area contributed by atoms with Gasteiger partial charge in [0.15, 0.2) is 0 Å². The highest BCUT2D eigenvalue weighted by atomic mass is 79.9. The summed E-state index contributed by atoms with van der Waals surface area (Å²) in [6.45, 7) is 4.14. The second-order valence-corrected chi connectivity index (χ2v) is 4.82. The Hall–Kier alpha value is -1.07. The number of hydrogen-bond donors (Lipinski definition) is 2. The first-order valence-electron chi connectivity index (χ1n) is 6.04. The normalized spacial score (nSPS) is 10.3. The third kappa shape index (κ3) is 5.06. The van der Waals surface area contributed by atoms with E-state index in [1.807, 2.05) is 18.2 Å². The molecule has 5 heteroatoms. The van der Waals surface area contributed by atoms with Crippen molar-refractivity contribution in [2.24, 2.45) is 5.73 Å². The van der Waals surface area contributed by atoms with Gasteiger partial charge < -0.3 is 15.8 Å². The Kier molecular flexibility index (Phi) is 6.75. The minimum atomic E-state index is -0.354. The van der Waals surface area contributed by atoms with Crippen molar-refractivity contribution >= 4 is 21.8 Å². The van der Waals surface area contributed by atoms with Crippen molar-refractivity contribution in [1.82, 2.24) is 5.32 Å². The average Bonchev–Trinajstić information content (AvgIpc) is 2.32. The van der Waals surface area contributed by atoms with Crippen LogP contribution in [-0.2, 0) is 11.3 Å². The molecule has 4 nitrogen and oxygen atoms in total. The van der Waals surface area contributed by atoms with Crippen molar-refractivity contribution in [2.45, 2.75) is 26.3 Å². The number of halogens is 1. The van der Waals surface area contributed by atoms with Gasteiger partial charge in [0, 0.05) is 12.1 Å². The molecule has 1 rings (SSSR count). The zero-order valence-corrected chi connectivity index (χ0v) is 12.1. The molecular weight excluding hydrogens is 296 g/mol. The van der Waals surface area contributed by atoms with E-state index in [1.54, 1.807) is 0 Å². The molecule has 0 saturated carbocycles. The molecule has 0 unspecified atom stereocenters. The predicted molar refractivity (Wildman–Crippen MR) is 75.4 cm³/mol. The predicted octanol–water partition coefficient (Wildman–Crippen LogP) is 2.20. The molecule has 0 radical (unpaired) electrons. The van der Waals surface area contributed by atoms with Crippen LogP contribution < -0.4 is 15.8 Å². The second-order valence-electron chi connectivity index (χ2n) is 3.97. The summed E-state index contributed by atoms with van der Waals surface area (Å²) in [6.07, 6.45) is 1.31. The minimum absolute atomic E-state index is 0.225. The summed E-state index contributed by atoms with van der Waals surface area (Å²) in [5, 5.41) is 3.33. The van der Waals surface area contributed by atoms with Gasteiger partial charge >= 0.3 is 0 Å². The number of nitrogens with two attached hydrogens (primary N) is 1. The number of para-hydroxylation sites is 1. The van der Waals surface area contributed by atoms with Gasteiger partial charge in [-0.15, -0.1) is 0 Å². The largest absolute Gasteiger partial charge is 0.492 e. The molecule has 0 aliphatic carbocycles. The van der Waals surface area contributed by atoms with E-state index in [0.29, 0.717) is 6.61 Å². The lowest BCUT2D eigenvalue weighted by Gasteiger charge is -2.13. The summed E-state index contributed by atoms with van der Waals surface area (Å²) >= 11 is 3.45. The van der Waals surface area contributed by atoms with E-state index in [2.05, 4.69) is 28.2 Å². The molecule has 0 saturated heterocycles. The van der Waals surface area contributed by atoms with Crippen LogP contribution in [0.25, 0.3) is 0 Å². The molecule has 1 amide bonds. The zero-order chi connectivity index (χ0) is 13.4. The zero-order valence-electron chi connectivity index (χ0n) is 10.5. The summed E-state index contributed by atoms with van der Waals surface area (Å²) in [5.41, 5.74) is 6.16. The molecule has 0 aromatic heterocycles. The summed E-state index contributed by atoms with van der Waals surface area (Å²) in [7, 11) is 0. The van der Waals surface area contributed by atoms with Gasteiger partial charge in [-0.05, 0) is 35.0 Å². The number of rotatable bonds is 8. The second kappa shape index (κ2) is 8.11. The van der Waals surface area contributed by atoms with Gasteiger partial charge in [0.2, 0.25) is 5.91 Å². The third-order valence-corrected chi connectivity index (χ3v) is 3.01. The van der Waals surface area contributed by atoms with Crippen LogP contribution in [0.2, 0.25) is 0 Å². The molecule has 3 N–H and O–H groups in total. The lowest BCUT2D eigenvalue weighted by atomic mass is 10.2. The Morgan fingerprint density at radius 3 is 2.94 bits per heavy atom. The molecule has 100 valence electrons. The number of hydrogen-bond acceptors (Lipinski definition) is 3. The molecule has 0 fully saturated rings. The fourth-order valence-corrected chi connectivity index (χ4v) is 2.03. The van der Waals surface area contributed by atoms with Crippen molar-refractivity contribution in [3.05, 3.63) is 28.2 Å². The highest BCUT2D eigenvalue weighted by Gasteiger charge is 2.08. The highest BCUT2D eigenvalue weighted by Crippen LogP contribution is 2.29. The van der Waals surface area contributed by atoms with Crippen LogP contribution in [0.4, 0.5) is 0 Å². The number of nitrogens with one attached hydrogen (secondary N) is 1. The monoisotopic (exact) mass is 314 g/mol. The van der Waals surface area contributed by atoms with Crippen molar-refractivity contribution in [1.29, 1.82) is 0 Å². The van der Waals surface area contributed by atoms with Crippen LogP contribution in [-0.4, -0.2) is 19.1 Å². The summed E-state index contributed by atoms with van der Waals surface area (Å²) in [5.74, 6) is 0.426. The van der Waals surface area contributed by atoms with Crippen LogP contribution in [0.5, 0.6) is 5.75 Å². The average molecular weight is 315 g/mol. The fraction of sp³-hybridized carbons (Fsp3) is 0.462. The number of amides is 1. The summed E-state index contributed by atoms with van der Waals surface area (Å²) in [4.78, 5) is 10.7. The van der Waals surface area contributed by atoms with Gasteiger partial charge in [-0.3, -0.25) is 4.79 Å². The summed E-state index contributed by atoms with van der Waals surface area (Å²) < 4.78 is 6.51. The Morgan fingerprint density at radius 1 is 1.50 bits per heavy atom. The molecule has 0 aliphatic rings. The van der Waals surface area contributed by atoms with Gasteiger partial charge in [0.1, 0.15) is 5.75 Å². The highest BCUT2D eigenvalue weighted by molar-refractivity contribution is 9.10. The number of primary amides is 1. The molecule has 1 aromatic carbocycles. The Labute approximate surface area is 116 Å². The van der Waals surface area contributed by atoms with Crippen molar-refractivity contribution in [2.75, 3.05) is 13.2 Å². The molecule has 1 aromatic rings. The van der Waals surface area contributed by atoms with Crippen LogP contribution in [0.15, 0.2) is 22.7 Å². The Morgan fingerprint density at radius 2 is 2.28 bits per heavy atom. The number of carbonyl (C=O) groups is 1. The SMILES string of the molecule is CCCNCc1cccc(Br)c1OCCC(N)=O. The van der Waals surface area contributed by atoms with Crippen LogP contribution in [0.3, 0.4) is 0 Å². The quantitative estimate of drug-likeness (QED) is 0.723. The maximum absolute atomic E-state index is 10.7. The van der Waals surface area contributed by atoms with E-state index >= 15 is 0 Å². The van der Waals surface area contributed by atoms with E-state index in [0.717, 1.165) is 35.3 Å². The Bertz CT molecular complexity index is 397. The topological polar surface area (TPSA) is 64.3 Å². The smallest absolute Gasteiger partial charge is 0.220 e. The molecule has 0 bridgehead atoms.